The van der Waals surface area contributed by atoms with Crippen LogP contribution in [-0.4, -0.2) is 46.8 Å². The molecule has 2 aromatic rings. The van der Waals surface area contributed by atoms with Crippen molar-refractivity contribution in [3.63, 3.8) is 0 Å². The molecule has 1 fully saturated rings. The molecule has 5 nitrogen and oxygen atoms in total. The van der Waals surface area contributed by atoms with E-state index >= 15 is 0 Å². The fraction of sp³-hybridized carbons (Fsp3) is 0.440. The molecule has 0 spiro atoms. The first kappa shape index (κ1) is 22.9. The van der Waals surface area contributed by atoms with Gasteiger partial charge >= 0.3 is 0 Å². The Morgan fingerprint density at radius 1 is 1.06 bits per heavy atom. The summed E-state index contributed by atoms with van der Waals surface area (Å²) in [6.07, 6.45) is 1.46. The largest absolute Gasteiger partial charge is 0.332 e. The molecule has 166 valence electrons. The van der Waals surface area contributed by atoms with Crippen molar-refractivity contribution in [2.24, 2.45) is 5.92 Å². The first-order valence-corrected chi connectivity index (χ1v) is 10.9. The molecule has 3 rings (SSSR count). The first-order chi connectivity index (χ1) is 14.7. The predicted molar refractivity (Wildman–Crippen MR) is 121 cm³/mol. The standard InChI is InChI=1S/C25H32FN3O2/c1-25(2,3)29(17-19-8-7-9-21(26)16-19)23(30)18-28-14-12-20(13-15-28)24(31)27-22-10-5-4-6-11-22/h4-11,16,20H,12-15,17-18H2,1-3H3,(H,27,31). The average molecular weight is 426 g/mol. The molecular formula is C25H32FN3O2. The molecule has 0 saturated carbocycles. The second-order valence-corrected chi connectivity index (χ2v) is 9.19. The number of para-hydroxylation sites is 1. The zero-order valence-corrected chi connectivity index (χ0v) is 18.6. The number of hydrogen-bond acceptors (Lipinski definition) is 3. The van der Waals surface area contributed by atoms with Crippen LogP contribution in [0.2, 0.25) is 0 Å². The van der Waals surface area contributed by atoms with E-state index < -0.39 is 0 Å². The highest BCUT2D eigenvalue weighted by Crippen LogP contribution is 2.22. The lowest BCUT2D eigenvalue weighted by atomic mass is 9.95. The van der Waals surface area contributed by atoms with Gasteiger partial charge in [-0.15, -0.1) is 0 Å². The highest BCUT2D eigenvalue weighted by atomic mass is 19.1. The number of benzene rings is 2. The molecule has 1 aliphatic rings. The van der Waals surface area contributed by atoms with E-state index in [2.05, 4.69) is 10.2 Å². The summed E-state index contributed by atoms with van der Waals surface area (Å²) >= 11 is 0. The van der Waals surface area contributed by atoms with Gasteiger partial charge in [-0.25, -0.2) is 4.39 Å². The lowest BCUT2D eigenvalue weighted by molar-refractivity contribution is -0.138. The maximum absolute atomic E-state index is 13.6. The molecule has 2 aromatic carbocycles. The van der Waals surface area contributed by atoms with Gasteiger partial charge in [-0.2, -0.15) is 0 Å². The Labute approximate surface area is 184 Å². The van der Waals surface area contributed by atoms with Crippen LogP contribution in [0, 0.1) is 11.7 Å². The number of carbonyl (C=O) groups excluding carboxylic acids is 2. The van der Waals surface area contributed by atoms with Gasteiger partial charge in [0, 0.05) is 23.7 Å². The number of nitrogens with zero attached hydrogens (tertiary/aromatic N) is 2. The van der Waals surface area contributed by atoms with Crippen molar-refractivity contribution in [2.75, 3.05) is 25.0 Å². The maximum Gasteiger partial charge on any atom is 0.237 e. The van der Waals surface area contributed by atoms with Gasteiger partial charge in [0.25, 0.3) is 0 Å². The third-order valence-corrected chi connectivity index (χ3v) is 5.70. The van der Waals surface area contributed by atoms with E-state index in [9.17, 15) is 14.0 Å². The van der Waals surface area contributed by atoms with Crippen LogP contribution in [0.4, 0.5) is 10.1 Å². The van der Waals surface area contributed by atoms with Gasteiger partial charge in [-0.3, -0.25) is 14.5 Å². The molecule has 6 heteroatoms. The normalized spacial score (nSPS) is 15.5. The highest BCUT2D eigenvalue weighted by Gasteiger charge is 2.30. The van der Waals surface area contributed by atoms with Crippen molar-refractivity contribution in [3.05, 3.63) is 66.0 Å². The van der Waals surface area contributed by atoms with Gasteiger partial charge in [-0.05, 0) is 76.5 Å². The SMILES string of the molecule is CC(C)(C)N(Cc1cccc(F)c1)C(=O)CN1CCC(C(=O)Nc2ccccc2)CC1. The summed E-state index contributed by atoms with van der Waals surface area (Å²) in [7, 11) is 0. The fourth-order valence-corrected chi connectivity index (χ4v) is 3.91. The van der Waals surface area contributed by atoms with E-state index in [1.807, 2.05) is 57.2 Å². The molecule has 1 saturated heterocycles. The number of anilines is 1. The van der Waals surface area contributed by atoms with E-state index in [4.69, 9.17) is 0 Å². The van der Waals surface area contributed by atoms with E-state index in [1.165, 1.54) is 12.1 Å². The molecule has 0 radical (unpaired) electrons. The van der Waals surface area contributed by atoms with Gasteiger partial charge in [0.05, 0.1) is 6.54 Å². The van der Waals surface area contributed by atoms with Crippen LogP contribution in [0.1, 0.15) is 39.2 Å². The van der Waals surface area contributed by atoms with Crippen LogP contribution in [0.15, 0.2) is 54.6 Å². The van der Waals surface area contributed by atoms with Crippen molar-refractivity contribution >= 4 is 17.5 Å². The summed E-state index contributed by atoms with van der Waals surface area (Å²) in [5.74, 6) is -0.282. The molecule has 0 aliphatic carbocycles. The van der Waals surface area contributed by atoms with Crippen LogP contribution in [0.3, 0.4) is 0 Å². The molecule has 1 heterocycles. The second-order valence-electron chi connectivity index (χ2n) is 9.19. The third kappa shape index (κ3) is 6.62. The summed E-state index contributed by atoms with van der Waals surface area (Å²) < 4.78 is 13.6. The second kappa shape index (κ2) is 10.1. The zero-order valence-electron chi connectivity index (χ0n) is 18.6. The molecule has 2 amide bonds. The van der Waals surface area contributed by atoms with Crippen LogP contribution in [0.25, 0.3) is 0 Å². The number of hydrogen-bond donors (Lipinski definition) is 1. The number of likely N-dealkylation sites (tertiary alicyclic amines) is 1. The van der Waals surface area contributed by atoms with E-state index in [1.54, 1.807) is 11.0 Å². The van der Waals surface area contributed by atoms with Gasteiger partial charge in [0.2, 0.25) is 11.8 Å². The maximum atomic E-state index is 13.6. The Morgan fingerprint density at radius 2 is 1.74 bits per heavy atom. The summed E-state index contributed by atoms with van der Waals surface area (Å²) in [5.41, 5.74) is 1.21. The predicted octanol–water partition coefficient (Wildman–Crippen LogP) is 4.30. The minimum absolute atomic E-state index is 0.0175. The summed E-state index contributed by atoms with van der Waals surface area (Å²) in [6, 6.07) is 15.9. The van der Waals surface area contributed by atoms with Gasteiger partial charge < -0.3 is 10.2 Å². The number of nitrogens with one attached hydrogen (secondary N) is 1. The number of amides is 2. The molecule has 0 unspecified atom stereocenters. The molecule has 1 N–H and O–H groups in total. The molecular weight excluding hydrogens is 393 g/mol. The Hall–Kier alpha value is -2.73. The minimum atomic E-state index is -0.378. The van der Waals surface area contributed by atoms with Gasteiger partial charge in [0.1, 0.15) is 5.82 Å². The van der Waals surface area contributed by atoms with Crippen molar-refractivity contribution in [2.45, 2.75) is 45.7 Å². The Bertz CT molecular complexity index is 887. The van der Waals surface area contributed by atoms with Crippen molar-refractivity contribution in [1.29, 1.82) is 0 Å². The summed E-state index contributed by atoms with van der Waals surface area (Å²) in [4.78, 5) is 29.6. The third-order valence-electron chi connectivity index (χ3n) is 5.70. The van der Waals surface area contributed by atoms with Crippen molar-refractivity contribution in [1.82, 2.24) is 9.80 Å². The van der Waals surface area contributed by atoms with Gasteiger partial charge in [-0.1, -0.05) is 30.3 Å². The fourth-order valence-electron chi connectivity index (χ4n) is 3.91. The highest BCUT2D eigenvalue weighted by molar-refractivity contribution is 5.92. The summed E-state index contributed by atoms with van der Waals surface area (Å²) in [5, 5.41) is 2.97. The Kier molecular flexibility index (Phi) is 7.44. The Balaban J connectivity index is 1.54. The number of piperidine rings is 1. The average Bonchev–Trinajstić information content (AvgIpc) is 2.72. The van der Waals surface area contributed by atoms with Crippen LogP contribution >= 0.6 is 0 Å². The van der Waals surface area contributed by atoms with Crippen molar-refractivity contribution < 1.29 is 14.0 Å². The number of carbonyl (C=O) groups is 2. The van der Waals surface area contributed by atoms with Crippen LogP contribution in [0.5, 0.6) is 0 Å². The van der Waals surface area contributed by atoms with Crippen LogP contribution < -0.4 is 5.32 Å². The smallest absolute Gasteiger partial charge is 0.237 e. The van der Waals surface area contributed by atoms with E-state index in [0.29, 0.717) is 26.2 Å². The topological polar surface area (TPSA) is 52.7 Å². The summed E-state index contributed by atoms with van der Waals surface area (Å²) in [6.45, 7) is 8.06. The van der Waals surface area contributed by atoms with Crippen LogP contribution in [-0.2, 0) is 16.1 Å². The molecule has 1 aliphatic heterocycles. The number of halogens is 1. The first-order valence-electron chi connectivity index (χ1n) is 10.9. The lowest BCUT2D eigenvalue weighted by Gasteiger charge is -2.38. The molecule has 0 aromatic heterocycles. The lowest BCUT2D eigenvalue weighted by Crippen LogP contribution is -2.50. The monoisotopic (exact) mass is 425 g/mol. The van der Waals surface area contributed by atoms with Gasteiger partial charge in [0.15, 0.2) is 0 Å². The quantitative estimate of drug-likeness (QED) is 0.751. The van der Waals surface area contributed by atoms with E-state index in [0.717, 1.165) is 24.1 Å². The molecule has 0 bridgehead atoms. The zero-order chi connectivity index (χ0) is 22.4. The van der Waals surface area contributed by atoms with E-state index in [-0.39, 0.29) is 29.1 Å². The van der Waals surface area contributed by atoms with Crippen molar-refractivity contribution in [3.8, 4) is 0 Å². The minimum Gasteiger partial charge on any atom is -0.332 e. The number of rotatable bonds is 6. The molecule has 0 atom stereocenters. The Morgan fingerprint density at radius 3 is 2.35 bits per heavy atom. The molecule has 31 heavy (non-hydrogen) atoms.